The minimum atomic E-state index is 0. The van der Waals surface area contributed by atoms with E-state index in [0.717, 1.165) is 37.2 Å². The maximum atomic E-state index is 11.9. The molecule has 2 N–H and O–H groups in total. The van der Waals surface area contributed by atoms with Gasteiger partial charge in [0.2, 0.25) is 17.6 Å². The average Bonchev–Trinajstić information content (AvgIpc) is 3.19. The number of aromatic nitrogens is 2. The molecule has 0 radical (unpaired) electrons. The maximum absolute atomic E-state index is 11.9. The first kappa shape index (κ1) is 17.9. The normalized spacial score (nSPS) is 17.5. The number of carbonyl (C=O) groups is 1. The highest BCUT2D eigenvalue weighted by molar-refractivity contribution is 7.13. The van der Waals surface area contributed by atoms with Crippen molar-refractivity contribution in [3.8, 4) is 10.7 Å². The molecule has 1 saturated heterocycles. The SMILES string of the molecule is Cl.O=C(CCCc1nc(-c2cccs2)no1)NC1CCCNC1. The van der Waals surface area contributed by atoms with Crippen LogP contribution in [-0.2, 0) is 11.2 Å². The van der Waals surface area contributed by atoms with Crippen LogP contribution in [0.5, 0.6) is 0 Å². The van der Waals surface area contributed by atoms with E-state index in [4.69, 9.17) is 4.52 Å². The Hall–Kier alpha value is -1.44. The van der Waals surface area contributed by atoms with E-state index in [2.05, 4.69) is 20.8 Å². The number of thiophene rings is 1. The number of aryl methyl sites for hydroxylation is 1. The predicted molar refractivity (Wildman–Crippen MR) is 91.8 cm³/mol. The van der Waals surface area contributed by atoms with Crippen LogP contribution < -0.4 is 10.6 Å². The fourth-order valence-electron chi connectivity index (χ4n) is 2.54. The summed E-state index contributed by atoms with van der Waals surface area (Å²) in [6.07, 6.45) is 4.03. The van der Waals surface area contributed by atoms with Crippen LogP contribution in [0.25, 0.3) is 10.7 Å². The van der Waals surface area contributed by atoms with Gasteiger partial charge in [-0.2, -0.15) is 4.98 Å². The molecule has 1 aliphatic rings. The second kappa shape index (κ2) is 9.00. The molecule has 8 heteroatoms. The Morgan fingerprint density at radius 1 is 1.52 bits per heavy atom. The van der Waals surface area contributed by atoms with Gasteiger partial charge in [-0.25, -0.2) is 0 Å². The number of carbonyl (C=O) groups excluding carboxylic acids is 1. The molecule has 3 rings (SSSR count). The van der Waals surface area contributed by atoms with Crippen molar-refractivity contribution in [2.75, 3.05) is 13.1 Å². The number of rotatable bonds is 6. The van der Waals surface area contributed by atoms with Crippen LogP contribution in [0.4, 0.5) is 0 Å². The smallest absolute Gasteiger partial charge is 0.226 e. The Morgan fingerprint density at radius 3 is 3.17 bits per heavy atom. The summed E-state index contributed by atoms with van der Waals surface area (Å²) in [6, 6.07) is 4.20. The van der Waals surface area contributed by atoms with E-state index in [0.29, 0.717) is 24.6 Å². The molecule has 23 heavy (non-hydrogen) atoms. The van der Waals surface area contributed by atoms with Crippen LogP contribution in [0.1, 0.15) is 31.6 Å². The number of hydrogen-bond donors (Lipinski definition) is 2. The molecule has 2 aromatic rings. The topological polar surface area (TPSA) is 80.0 Å². The fourth-order valence-corrected chi connectivity index (χ4v) is 3.19. The lowest BCUT2D eigenvalue weighted by molar-refractivity contribution is -0.122. The average molecular weight is 357 g/mol. The Morgan fingerprint density at radius 2 is 2.43 bits per heavy atom. The molecule has 0 spiro atoms. The summed E-state index contributed by atoms with van der Waals surface area (Å²) in [5.74, 6) is 1.32. The Balaban J connectivity index is 0.00000192. The highest BCUT2D eigenvalue weighted by atomic mass is 35.5. The van der Waals surface area contributed by atoms with Crippen LogP contribution in [0.3, 0.4) is 0 Å². The molecule has 1 fully saturated rings. The lowest BCUT2D eigenvalue weighted by Gasteiger charge is -2.23. The molecular formula is C15H21ClN4O2S. The minimum Gasteiger partial charge on any atom is -0.352 e. The van der Waals surface area contributed by atoms with Crippen LogP contribution in [0, 0.1) is 0 Å². The van der Waals surface area contributed by atoms with E-state index in [9.17, 15) is 4.79 Å². The molecule has 1 amide bonds. The van der Waals surface area contributed by atoms with E-state index in [1.54, 1.807) is 11.3 Å². The zero-order valence-electron chi connectivity index (χ0n) is 12.8. The van der Waals surface area contributed by atoms with Crippen LogP contribution in [0.15, 0.2) is 22.0 Å². The number of piperidine rings is 1. The van der Waals surface area contributed by atoms with E-state index < -0.39 is 0 Å². The highest BCUT2D eigenvalue weighted by Crippen LogP contribution is 2.21. The second-order valence-electron chi connectivity index (χ2n) is 5.45. The molecule has 2 aromatic heterocycles. The number of amides is 1. The summed E-state index contributed by atoms with van der Waals surface area (Å²) in [7, 11) is 0. The van der Waals surface area contributed by atoms with Crippen molar-refractivity contribution in [2.45, 2.75) is 38.1 Å². The molecular weight excluding hydrogens is 336 g/mol. The first-order chi connectivity index (χ1) is 10.8. The number of hydrogen-bond acceptors (Lipinski definition) is 6. The third kappa shape index (κ3) is 5.30. The molecule has 6 nitrogen and oxygen atoms in total. The third-order valence-corrected chi connectivity index (χ3v) is 4.53. The summed E-state index contributed by atoms with van der Waals surface area (Å²) < 4.78 is 5.22. The molecule has 1 atom stereocenters. The largest absolute Gasteiger partial charge is 0.352 e. The van der Waals surface area contributed by atoms with Crippen molar-refractivity contribution in [3.05, 3.63) is 23.4 Å². The van der Waals surface area contributed by atoms with Crippen molar-refractivity contribution in [1.29, 1.82) is 0 Å². The molecule has 126 valence electrons. The van der Waals surface area contributed by atoms with Gasteiger partial charge in [-0.1, -0.05) is 11.2 Å². The van der Waals surface area contributed by atoms with Gasteiger partial charge in [0, 0.05) is 25.4 Å². The summed E-state index contributed by atoms with van der Waals surface area (Å²) in [4.78, 5) is 17.2. The number of nitrogens with zero attached hydrogens (tertiary/aromatic N) is 2. The van der Waals surface area contributed by atoms with Gasteiger partial charge >= 0.3 is 0 Å². The van der Waals surface area contributed by atoms with Crippen molar-refractivity contribution >= 4 is 29.7 Å². The molecule has 0 saturated carbocycles. The Labute approximate surface area is 145 Å². The maximum Gasteiger partial charge on any atom is 0.226 e. The van der Waals surface area contributed by atoms with Crippen molar-refractivity contribution in [2.24, 2.45) is 0 Å². The first-order valence-electron chi connectivity index (χ1n) is 7.68. The summed E-state index contributed by atoms with van der Waals surface area (Å²) in [5, 5.41) is 12.3. The Bertz CT molecular complexity index is 596. The van der Waals surface area contributed by atoms with Crippen molar-refractivity contribution in [1.82, 2.24) is 20.8 Å². The summed E-state index contributed by atoms with van der Waals surface area (Å²) in [6.45, 7) is 1.93. The van der Waals surface area contributed by atoms with Gasteiger partial charge < -0.3 is 15.2 Å². The Kier molecular flexibility index (Phi) is 7.01. The molecule has 0 bridgehead atoms. The predicted octanol–water partition coefficient (Wildman–Crippen LogP) is 2.41. The van der Waals surface area contributed by atoms with Gasteiger partial charge in [-0.15, -0.1) is 23.7 Å². The standard InChI is InChI=1S/C15H20N4O2S.ClH/c20-13(17-11-4-2-8-16-10-11)6-1-7-14-18-15(19-21-14)12-5-3-9-22-12;/h3,5,9,11,16H,1-2,4,6-8,10H2,(H,17,20);1H. The molecule has 0 aliphatic carbocycles. The molecule has 3 heterocycles. The van der Waals surface area contributed by atoms with Gasteiger partial charge in [0.1, 0.15) is 0 Å². The lowest BCUT2D eigenvalue weighted by Crippen LogP contribution is -2.45. The minimum absolute atomic E-state index is 0. The summed E-state index contributed by atoms with van der Waals surface area (Å²) in [5.41, 5.74) is 0. The van der Waals surface area contributed by atoms with Crippen molar-refractivity contribution < 1.29 is 9.32 Å². The van der Waals surface area contributed by atoms with Gasteiger partial charge in [-0.3, -0.25) is 4.79 Å². The molecule has 0 aromatic carbocycles. The zero-order chi connectivity index (χ0) is 15.2. The number of nitrogens with one attached hydrogen (secondary N) is 2. The van der Waals surface area contributed by atoms with Crippen LogP contribution in [0.2, 0.25) is 0 Å². The van der Waals surface area contributed by atoms with E-state index in [1.807, 2.05) is 17.5 Å². The van der Waals surface area contributed by atoms with E-state index >= 15 is 0 Å². The lowest BCUT2D eigenvalue weighted by atomic mass is 10.1. The van der Waals surface area contributed by atoms with E-state index in [1.165, 1.54) is 0 Å². The van der Waals surface area contributed by atoms with E-state index in [-0.39, 0.29) is 24.4 Å². The van der Waals surface area contributed by atoms with Gasteiger partial charge in [0.05, 0.1) is 4.88 Å². The third-order valence-electron chi connectivity index (χ3n) is 3.67. The summed E-state index contributed by atoms with van der Waals surface area (Å²) >= 11 is 1.58. The molecule has 1 aliphatic heterocycles. The molecule has 1 unspecified atom stereocenters. The zero-order valence-corrected chi connectivity index (χ0v) is 14.4. The van der Waals surface area contributed by atoms with Gasteiger partial charge in [0.15, 0.2) is 0 Å². The van der Waals surface area contributed by atoms with Gasteiger partial charge in [0.25, 0.3) is 0 Å². The fraction of sp³-hybridized carbons (Fsp3) is 0.533. The van der Waals surface area contributed by atoms with Crippen LogP contribution >= 0.6 is 23.7 Å². The number of halogens is 1. The second-order valence-corrected chi connectivity index (χ2v) is 6.40. The van der Waals surface area contributed by atoms with Gasteiger partial charge in [-0.05, 0) is 37.3 Å². The monoisotopic (exact) mass is 356 g/mol. The quantitative estimate of drug-likeness (QED) is 0.830. The van der Waals surface area contributed by atoms with Crippen LogP contribution in [-0.4, -0.2) is 35.2 Å². The highest BCUT2D eigenvalue weighted by Gasteiger charge is 2.15. The first-order valence-corrected chi connectivity index (χ1v) is 8.56. The van der Waals surface area contributed by atoms with Crippen molar-refractivity contribution in [3.63, 3.8) is 0 Å².